The molecule has 0 fully saturated rings. The highest BCUT2D eigenvalue weighted by Crippen LogP contribution is 2.22. The lowest BCUT2D eigenvalue weighted by molar-refractivity contribution is 0.0924. The first kappa shape index (κ1) is 16.4. The number of hydrogen-bond acceptors (Lipinski definition) is 4. The molecular formula is C20H21N5O. The van der Waals surface area contributed by atoms with Crippen LogP contribution in [-0.2, 0) is 13.0 Å². The van der Waals surface area contributed by atoms with Gasteiger partial charge in [-0.3, -0.25) is 9.48 Å². The number of rotatable bonds is 5. The number of fused-ring (bicyclic) bond motifs is 1. The van der Waals surface area contributed by atoms with Crippen LogP contribution in [0.1, 0.15) is 35.8 Å². The molecule has 0 saturated carbocycles. The molecule has 132 valence electrons. The van der Waals surface area contributed by atoms with E-state index >= 15 is 0 Å². The van der Waals surface area contributed by atoms with Gasteiger partial charge in [0.25, 0.3) is 5.91 Å². The summed E-state index contributed by atoms with van der Waals surface area (Å²) in [5.41, 5.74) is 4.31. The van der Waals surface area contributed by atoms with Gasteiger partial charge in [0.15, 0.2) is 5.82 Å². The van der Waals surface area contributed by atoms with Gasteiger partial charge in [-0.1, -0.05) is 37.6 Å². The Morgan fingerprint density at radius 2 is 2.00 bits per heavy atom. The van der Waals surface area contributed by atoms with Crippen LogP contribution in [0.15, 0.2) is 42.6 Å². The Hall–Kier alpha value is -3.02. The van der Waals surface area contributed by atoms with E-state index in [1.165, 1.54) is 18.4 Å². The number of carbonyl (C=O) groups excluding carboxylic acids is 1. The Balaban J connectivity index is 1.62. The maximum atomic E-state index is 11.9. The maximum absolute atomic E-state index is 11.9. The van der Waals surface area contributed by atoms with Gasteiger partial charge >= 0.3 is 0 Å². The van der Waals surface area contributed by atoms with Crippen molar-refractivity contribution in [1.29, 1.82) is 0 Å². The fraction of sp³-hybridized carbons (Fsp3) is 0.300. The fourth-order valence-corrected chi connectivity index (χ4v) is 3.10. The molecule has 3 aromatic rings. The van der Waals surface area contributed by atoms with Crippen LogP contribution in [0.3, 0.4) is 0 Å². The van der Waals surface area contributed by atoms with Crippen molar-refractivity contribution in [2.75, 3.05) is 6.54 Å². The molecule has 1 amide bonds. The van der Waals surface area contributed by atoms with E-state index in [4.69, 9.17) is 0 Å². The molecule has 1 aliphatic heterocycles. The predicted molar refractivity (Wildman–Crippen MR) is 99.6 cm³/mol. The number of benzene rings is 1. The molecule has 4 rings (SSSR count). The number of aryl methyl sites for hydroxylation is 1. The first-order valence-corrected chi connectivity index (χ1v) is 9.03. The van der Waals surface area contributed by atoms with Gasteiger partial charge in [0, 0.05) is 18.3 Å². The van der Waals surface area contributed by atoms with Gasteiger partial charge in [0.1, 0.15) is 11.4 Å². The van der Waals surface area contributed by atoms with Crippen LogP contribution in [0.25, 0.3) is 22.8 Å². The Morgan fingerprint density at radius 3 is 2.77 bits per heavy atom. The molecule has 26 heavy (non-hydrogen) atoms. The van der Waals surface area contributed by atoms with Crippen LogP contribution in [0.5, 0.6) is 0 Å². The van der Waals surface area contributed by atoms with Crippen molar-refractivity contribution in [2.45, 2.75) is 32.7 Å². The largest absolute Gasteiger partial charge is 0.349 e. The molecule has 0 saturated heterocycles. The molecule has 0 atom stereocenters. The third-order valence-electron chi connectivity index (χ3n) is 4.57. The van der Waals surface area contributed by atoms with Gasteiger partial charge < -0.3 is 5.32 Å². The lowest BCUT2D eigenvalue weighted by atomic mass is 10.1. The quantitative estimate of drug-likeness (QED) is 0.770. The number of aromatic nitrogens is 4. The number of nitrogens with zero attached hydrogens (tertiary/aromatic N) is 4. The summed E-state index contributed by atoms with van der Waals surface area (Å²) in [5, 5.41) is 7.35. The SMILES string of the molecule is CCCCc1ccc(-c2nccc(-c3cc4n(n3)CCNC4=O)n2)cc1. The summed E-state index contributed by atoms with van der Waals surface area (Å²) in [5.74, 6) is 0.576. The molecule has 3 heterocycles. The van der Waals surface area contributed by atoms with Crippen molar-refractivity contribution in [3.8, 4) is 22.8 Å². The van der Waals surface area contributed by atoms with E-state index < -0.39 is 0 Å². The second kappa shape index (κ2) is 7.07. The van der Waals surface area contributed by atoms with Crippen molar-refractivity contribution in [3.05, 3.63) is 53.9 Å². The second-order valence-corrected chi connectivity index (χ2v) is 6.46. The van der Waals surface area contributed by atoms with Gasteiger partial charge in [0.05, 0.1) is 12.2 Å². The average molecular weight is 347 g/mol. The molecule has 1 aliphatic rings. The molecule has 0 bridgehead atoms. The van der Waals surface area contributed by atoms with Gasteiger partial charge in [-0.05, 0) is 30.5 Å². The van der Waals surface area contributed by atoms with Crippen molar-refractivity contribution in [3.63, 3.8) is 0 Å². The van der Waals surface area contributed by atoms with E-state index in [0.717, 1.165) is 17.7 Å². The Labute approximate surface area is 152 Å². The van der Waals surface area contributed by atoms with Crippen LogP contribution in [0.2, 0.25) is 0 Å². The molecule has 2 aromatic heterocycles. The standard InChI is InChI=1S/C20H21N5O/c1-2-3-4-14-5-7-15(8-6-14)19-21-10-9-16(23-19)17-13-18-20(26)22-11-12-25(18)24-17/h5-10,13H,2-4,11-12H2,1H3,(H,22,26). The van der Waals surface area contributed by atoms with Crippen molar-refractivity contribution >= 4 is 5.91 Å². The average Bonchev–Trinajstić information content (AvgIpc) is 3.13. The summed E-state index contributed by atoms with van der Waals surface area (Å²) < 4.78 is 1.73. The lowest BCUT2D eigenvalue weighted by Crippen LogP contribution is -2.35. The molecule has 0 spiro atoms. The number of hydrogen-bond donors (Lipinski definition) is 1. The van der Waals surface area contributed by atoms with Crippen LogP contribution < -0.4 is 5.32 Å². The van der Waals surface area contributed by atoms with Crippen LogP contribution >= 0.6 is 0 Å². The van der Waals surface area contributed by atoms with E-state index in [0.29, 0.717) is 30.3 Å². The highest BCUT2D eigenvalue weighted by atomic mass is 16.2. The second-order valence-electron chi connectivity index (χ2n) is 6.46. The zero-order valence-electron chi connectivity index (χ0n) is 14.8. The maximum Gasteiger partial charge on any atom is 0.269 e. The number of carbonyl (C=O) groups is 1. The van der Waals surface area contributed by atoms with Crippen LogP contribution in [0, 0.1) is 0 Å². The van der Waals surface area contributed by atoms with Crippen molar-refractivity contribution < 1.29 is 4.79 Å². The summed E-state index contributed by atoms with van der Waals surface area (Å²) in [7, 11) is 0. The summed E-state index contributed by atoms with van der Waals surface area (Å²) in [4.78, 5) is 21.0. The third kappa shape index (κ3) is 3.22. The van der Waals surface area contributed by atoms with Gasteiger partial charge in [-0.2, -0.15) is 5.10 Å². The Bertz CT molecular complexity index is 930. The minimum absolute atomic E-state index is 0.0908. The van der Waals surface area contributed by atoms with Crippen LogP contribution in [-0.4, -0.2) is 32.2 Å². The summed E-state index contributed by atoms with van der Waals surface area (Å²) >= 11 is 0. The predicted octanol–water partition coefficient (Wildman–Crippen LogP) is 3.09. The van der Waals surface area contributed by atoms with Gasteiger partial charge in [-0.15, -0.1) is 0 Å². The first-order valence-electron chi connectivity index (χ1n) is 9.03. The van der Waals surface area contributed by atoms with Crippen LogP contribution in [0.4, 0.5) is 0 Å². The van der Waals surface area contributed by atoms with Crippen molar-refractivity contribution in [2.24, 2.45) is 0 Å². The summed E-state index contributed by atoms with van der Waals surface area (Å²) in [6.07, 6.45) is 5.23. The molecule has 1 aromatic carbocycles. The Morgan fingerprint density at radius 1 is 1.15 bits per heavy atom. The molecule has 6 heteroatoms. The third-order valence-corrected chi connectivity index (χ3v) is 4.57. The number of nitrogens with one attached hydrogen (secondary N) is 1. The van der Waals surface area contributed by atoms with E-state index in [2.05, 4.69) is 51.6 Å². The topological polar surface area (TPSA) is 72.7 Å². The fourth-order valence-electron chi connectivity index (χ4n) is 3.10. The molecule has 1 N–H and O–H groups in total. The number of amides is 1. The first-order chi connectivity index (χ1) is 12.7. The van der Waals surface area contributed by atoms with E-state index in [1.807, 2.05) is 6.07 Å². The highest BCUT2D eigenvalue weighted by Gasteiger charge is 2.20. The number of unbranched alkanes of at least 4 members (excludes halogenated alkanes) is 1. The lowest BCUT2D eigenvalue weighted by Gasteiger charge is -2.13. The highest BCUT2D eigenvalue weighted by molar-refractivity contribution is 5.94. The Kier molecular flexibility index (Phi) is 4.48. The molecule has 6 nitrogen and oxygen atoms in total. The smallest absolute Gasteiger partial charge is 0.269 e. The normalized spacial score (nSPS) is 13.3. The summed E-state index contributed by atoms with van der Waals surface area (Å²) in [6, 6.07) is 12.0. The van der Waals surface area contributed by atoms with E-state index in [1.54, 1.807) is 16.9 Å². The molecular weight excluding hydrogens is 326 g/mol. The zero-order valence-corrected chi connectivity index (χ0v) is 14.8. The van der Waals surface area contributed by atoms with E-state index in [9.17, 15) is 4.79 Å². The van der Waals surface area contributed by atoms with E-state index in [-0.39, 0.29) is 5.91 Å². The minimum atomic E-state index is -0.0908. The monoisotopic (exact) mass is 347 g/mol. The van der Waals surface area contributed by atoms with Crippen molar-refractivity contribution in [1.82, 2.24) is 25.1 Å². The molecule has 0 aliphatic carbocycles. The molecule has 0 unspecified atom stereocenters. The zero-order chi connectivity index (χ0) is 17.9. The molecule has 0 radical (unpaired) electrons. The van der Waals surface area contributed by atoms with Gasteiger partial charge in [-0.25, -0.2) is 9.97 Å². The minimum Gasteiger partial charge on any atom is -0.349 e. The van der Waals surface area contributed by atoms with Gasteiger partial charge in [0.2, 0.25) is 0 Å². The summed E-state index contributed by atoms with van der Waals surface area (Å²) in [6.45, 7) is 3.48.